The normalized spacial score (nSPS) is 11.6. The van der Waals surface area contributed by atoms with E-state index in [1.807, 2.05) is 12.2 Å². The van der Waals surface area contributed by atoms with Crippen LogP contribution >= 0.6 is 0 Å². The number of aliphatic carboxylic acids is 1. The van der Waals surface area contributed by atoms with E-state index in [4.69, 9.17) is 5.11 Å². The minimum Gasteiger partial charge on any atom is -0.478 e. The quantitative estimate of drug-likeness (QED) is 0.341. The Morgan fingerprint density at radius 1 is 1.00 bits per heavy atom. The molecule has 0 rings (SSSR count). The summed E-state index contributed by atoms with van der Waals surface area (Å²) in [4.78, 5) is 10.1. The molecule has 0 aromatic carbocycles. The van der Waals surface area contributed by atoms with Gasteiger partial charge in [0.2, 0.25) is 0 Å². The van der Waals surface area contributed by atoms with Gasteiger partial charge in [-0.05, 0) is 12.8 Å². The van der Waals surface area contributed by atoms with Crippen molar-refractivity contribution in [2.75, 3.05) is 0 Å². The van der Waals surface area contributed by atoms with E-state index in [1.165, 1.54) is 44.9 Å². The van der Waals surface area contributed by atoms with E-state index in [2.05, 4.69) is 6.92 Å². The van der Waals surface area contributed by atoms with Gasteiger partial charge in [-0.25, -0.2) is 4.79 Å². The zero-order valence-electron chi connectivity index (χ0n) is 10.3. The van der Waals surface area contributed by atoms with Gasteiger partial charge in [0.15, 0.2) is 0 Å². The lowest BCUT2D eigenvalue weighted by atomic mass is 10.1. The van der Waals surface area contributed by atoms with Gasteiger partial charge in [-0.15, -0.1) is 0 Å². The molecule has 0 heterocycles. The van der Waals surface area contributed by atoms with Crippen molar-refractivity contribution in [3.63, 3.8) is 0 Å². The van der Waals surface area contributed by atoms with E-state index in [-0.39, 0.29) is 0 Å². The van der Waals surface area contributed by atoms with E-state index < -0.39 is 5.97 Å². The molecule has 0 radical (unpaired) electrons. The summed E-state index contributed by atoms with van der Waals surface area (Å²) in [5, 5.41) is 8.34. The number of carbonyl (C=O) groups is 1. The molecule has 92 valence electrons. The number of carboxylic acids is 1. The standard InChI is InChI=1S/C14H24O2/c1-2-3-4-5-6-7-8-9-10-11-12-13-14(15)16/h10-13H,2-9H2,1H3,(H,15,16)/b11-10+,13-12-. The van der Waals surface area contributed by atoms with Gasteiger partial charge in [0.1, 0.15) is 0 Å². The number of hydrogen-bond donors (Lipinski definition) is 1. The highest BCUT2D eigenvalue weighted by Crippen LogP contribution is 2.08. The molecule has 0 unspecified atom stereocenters. The summed E-state index contributed by atoms with van der Waals surface area (Å²) in [6, 6.07) is 0. The molecule has 0 bridgehead atoms. The van der Waals surface area contributed by atoms with Gasteiger partial charge in [-0.2, -0.15) is 0 Å². The predicted octanol–water partition coefficient (Wildman–Crippen LogP) is 4.32. The van der Waals surface area contributed by atoms with Crippen molar-refractivity contribution >= 4 is 5.97 Å². The molecule has 0 atom stereocenters. The van der Waals surface area contributed by atoms with Crippen LogP contribution in [0.4, 0.5) is 0 Å². The second-order valence-electron chi connectivity index (χ2n) is 4.04. The summed E-state index contributed by atoms with van der Waals surface area (Å²) in [6.07, 6.45) is 16.8. The van der Waals surface area contributed by atoms with Crippen LogP contribution in [0.25, 0.3) is 0 Å². The summed E-state index contributed by atoms with van der Waals surface area (Å²) in [5.41, 5.74) is 0. The number of rotatable bonds is 10. The van der Waals surface area contributed by atoms with E-state index in [0.717, 1.165) is 12.5 Å². The maximum absolute atomic E-state index is 10.1. The van der Waals surface area contributed by atoms with Crippen molar-refractivity contribution in [1.29, 1.82) is 0 Å². The smallest absolute Gasteiger partial charge is 0.328 e. The van der Waals surface area contributed by atoms with Crippen molar-refractivity contribution in [3.05, 3.63) is 24.3 Å². The fourth-order valence-corrected chi connectivity index (χ4v) is 1.53. The molecule has 16 heavy (non-hydrogen) atoms. The molecule has 0 fully saturated rings. The molecule has 0 aromatic rings. The Bertz CT molecular complexity index is 217. The highest BCUT2D eigenvalue weighted by molar-refractivity contribution is 5.80. The minimum atomic E-state index is -0.888. The fourth-order valence-electron chi connectivity index (χ4n) is 1.53. The Morgan fingerprint density at radius 3 is 2.25 bits per heavy atom. The third kappa shape index (κ3) is 12.9. The lowest BCUT2D eigenvalue weighted by Crippen LogP contribution is -1.84. The van der Waals surface area contributed by atoms with Crippen LogP contribution in [-0.2, 0) is 4.79 Å². The number of unbranched alkanes of at least 4 members (excludes halogenated alkanes) is 7. The zero-order chi connectivity index (χ0) is 12.1. The van der Waals surface area contributed by atoms with E-state index in [9.17, 15) is 4.79 Å². The molecule has 0 aliphatic heterocycles. The predicted molar refractivity (Wildman–Crippen MR) is 68.5 cm³/mol. The Labute approximate surface area is 99.1 Å². The minimum absolute atomic E-state index is 0.888. The van der Waals surface area contributed by atoms with Crippen LogP contribution < -0.4 is 0 Å². The first-order chi connectivity index (χ1) is 7.77. The first-order valence-corrected chi connectivity index (χ1v) is 6.33. The van der Waals surface area contributed by atoms with E-state index >= 15 is 0 Å². The third-order valence-corrected chi connectivity index (χ3v) is 2.46. The molecule has 0 aliphatic carbocycles. The highest BCUT2D eigenvalue weighted by Gasteiger charge is 1.89. The molecule has 0 saturated carbocycles. The second-order valence-corrected chi connectivity index (χ2v) is 4.04. The summed E-state index contributed by atoms with van der Waals surface area (Å²) in [5.74, 6) is -0.888. The first kappa shape index (κ1) is 14.9. The van der Waals surface area contributed by atoms with Crippen LogP contribution in [0.3, 0.4) is 0 Å². The molecule has 2 nitrogen and oxygen atoms in total. The third-order valence-electron chi connectivity index (χ3n) is 2.46. The van der Waals surface area contributed by atoms with Gasteiger partial charge < -0.3 is 5.11 Å². The zero-order valence-corrected chi connectivity index (χ0v) is 10.3. The Hall–Kier alpha value is -1.05. The van der Waals surface area contributed by atoms with E-state index in [0.29, 0.717) is 0 Å². The van der Waals surface area contributed by atoms with Gasteiger partial charge in [0.05, 0.1) is 0 Å². The van der Waals surface area contributed by atoms with Crippen LogP contribution in [0.2, 0.25) is 0 Å². The summed E-state index contributed by atoms with van der Waals surface area (Å²) in [6.45, 7) is 2.23. The molecule has 0 spiro atoms. The molecule has 2 heteroatoms. The first-order valence-electron chi connectivity index (χ1n) is 6.33. The van der Waals surface area contributed by atoms with Crippen LogP contribution in [-0.4, -0.2) is 11.1 Å². The summed E-state index contributed by atoms with van der Waals surface area (Å²) < 4.78 is 0. The van der Waals surface area contributed by atoms with Crippen molar-refractivity contribution < 1.29 is 9.90 Å². The van der Waals surface area contributed by atoms with Crippen molar-refractivity contribution in [2.45, 2.75) is 58.3 Å². The largest absolute Gasteiger partial charge is 0.478 e. The molecule has 0 saturated heterocycles. The second kappa shape index (κ2) is 12.0. The summed E-state index contributed by atoms with van der Waals surface area (Å²) in [7, 11) is 0. The molecular formula is C14H24O2. The number of carboxylic acid groups (broad SMARTS) is 1. The van der Waals surface area contributed by atoms with Crippen LogP contribution in [0.1, 0.15) is 58.3 Å². The van der Waals surface area contributed by atoms with Crippen molar-refractivity contribution in [3.8, 4) is 0 Å². The summed E-state index contributed by atoms with van der Waals surface area (Å²) >= 11 is 0. The fraction of sp³-hybridized carbons (Fsp3) is 0.643. The molecule has 0 aromatic heterocycles. The average molecular weight is 224 g/mol. The van der Waals surface area contributed by atoms with Crippen LogP contribution in [0.15, 0.2) is 24.3 Å². The van der Waals surface area contributed by atoms with Gasteiger partial charge in [-0.1, -0.05) is 63.7 Å². The van der Waals surface area contributed by atoms with Gasteiger partial charge >= 0.3 is 5.97 Å². The van der Waals surface area contributed by atoms with Crippen LogP contribution in [0.5, 0.6) is 0 Å². The number of hydrogen-bond acceptors (Lipinski definition) is 1. The van der Waals surface area contributed by atoms with E-state index in [1.54, 1.807) is 6.08 Å². The average Bonchev–Trinajstić information content (AvgIpc) is 2.25. The van der Waals surface area contributed by atoms with Gasteiger partial charge in [0, 0.05) is 6.08 Å². The Morgan fingerprint density at radius 2 is 1.62 bits per heavy atom. The lowest BCUT2D eigenvalue weighted by Gasteiger charge is -1.98. The molecule has 0 aliphatic rings. The topological polar surface area (TPSA) is 37.3 Å². The Kier molecular flexibility index (Phi) is 11.2. The Balaban J connectivity index is 3.17. The highest BCUT2D eigenvalue weighted by atomic mass is 16.4. The lowest BCUT2D eigenvalue weighted by molar-refractivity contribution is -0.131. The van der Waals surface area contributed by atoms with Crippen molar-refractivity contribution in [2.24, 2.45) is 0 Å². The molecule has 0 amide bonds. The van der Waals surface area contributed by atoms with Gasteiger partial charge in [-0.3, -0.25) is 0 Å². The SMILES string of the molecule is CCCCCCCCC/C=C/C=C\C(=O)O. The molecular weight excluding hydrogens is 200 g/mol. The maximum Gasteiger partial charge on any atom is 0.328 e. The van der Waals surface area contributed by atoms with Crippen molar-refractivity contribution in [1.82, 2.24) is 0 Å². The van der Waals surface area contributed by atoms with Crippen LogP contribution in [0, 0.1) is 0 Å². The van der Waals surface area contributed by atoms with Gasteiger partial charge in [0.25, 0.3) is 0 Å². The molecule has 1 N–H and O–H groups in total. The number of allylic oxidation sites excluding steroid dienone is 3. The monoisotopic (exact) mass is 224 g/mol. The maximum atomic E-state index is 10.1.